The summed E-state index contributed by atoms with van der Waals surface area (Å²) in [7, 11) is 0. The number of rotatable bonds is 3. The second-order valence-electron chi connectivity index (χ2n) is 4.00. The molecule has 0 fully saturated rings. The summed E-state index contributed by atoms with van der Waals surface area (Å²) >= 11 is 5.19. The Hall–Kier alpha value is -1.46. The molecule has 0 radical (unpaired) electrons. The van der Waals surface area contributed by atoms with Gasteiger partial charge in [0.25, 0.3) is 0 Å². The highest BCUT2D eigenvalue weighted by Crippen LogP contribution is 2.35. The van der Waals surface area contributed by atoms with Gasteiger partial charge >= 0.3 is 0 Å². The normalized spacial score (nSPS) is 11.6. The van der Waals surface area contributed by atoms with E-state index in [0.717, 1.165) is 9.37 Å². The number of nitrogens with zero attached hydrogens (tertiary/aromatic N) is 1. The number of aryl methyl sites for hydroxylation is 1. The fourth-order valence-electron chi connectivity index (χ4n) is 1.59. The van der Waals surface area contributed by atoms with Crippen LogP contribution in [0.4, 0.5) is 0 Å². The van der Waals surface area contributed by atoms with E-state index in [1.54, 1.807) is 11.8 Å². The van der Waals surface area contributed by atoms with Crippen LogP contribution in [0.1, 0.15) is 11.1 Å². The van der Waals surface area contributed by atoms with E-state index in [1.165, 1.54) is 10.5 Å². The van der Waals surface area contributed by atoms with Gasteiger partial charge in [-0.2, -0.15) is 0 Å². The maximum atomic E-state index is 8.66. The Kier molecular flexibility index (Phi) is 4.50. The molecule has 19 heavy (non-hydrogen) atoms. The van der Waals surface area contributed by atoms with Crippen LogP contribution in [0, 0.1) is 6.92 Å². The molecule has 0 aromatic heterocycles. The van der Waals surface area contributed by atoms with Gasteiger partial charge in [-0.1, -0.05) is 35.1 Å². The molecule has 0 saturated carbocycles. The van der Waals surface area contributed by atoms with Crippen molar-refractivity contribution in [3.8, 4) is 0 Å². The fraction of sp³-hybridized carbons (Fsp3) is 0.0714. The number of nitrogens with two attached hydrogens (primary N) is 1. The van der Waals surface area contributed by atoms with Crippen molar-refractivity contribution < 1.29 is 5.21 Å². The highest BCUT2D eigenvalue weighted by molar-refractivity contribution is 9.10. The van der Waals surface area contributed by atoms with Gasteiger partial charge in [0.2, 0.25) is 0 Å². The van der Waals surface area contributed by atoms with E-state index in [-0.39, 0.29) is 5.84 Å². The van der Waals surface area contributed by atoms with E-state index in [4.69, 9.17) is 10.9 Å². The Morgan fingerprint density at radius 3 is 2.58 bits per heavy atom. The highest BCUT2D eigenvalue weighted by atomic mass is 79.9. The van der Waals surface area contributed by atoms with Crippen LogP contribution in [0.3, 0.4) is 0 Å². The van der Waals surface area contributed by atoms with Gasteiger partial charge in [-0.15, -0.1) is 0 Å². The Morgan fingerprint density at radius 2 is 1.95 bits per heavy atom. The van der Waals surface area contributed by atoms with Crippen LogP contribution in [-0.4, -0.2) is 11.0 Å². The first-order valence-corrected chi connectivity index (χ1v) is 7.23. The molecule has 3 nitrogen and oxygen atoms in total. The summed E-state index contributed by atoms with van der Waals surface area (Å²) in [5.41, 5.74) is 7.48. The zero-order valence-electron chi connectivity index (χ0n) is 10.3. The Labute approximate surface area is 124 Å². The van der Waals surface area contributed by atoms with Gasteiger partial charge in [-0.05, 0) is 52.7 Å². The quantitative estimate of drug-likeness (QED) is 0.385. The van der Waals surface area contributed by atoms with Crippen LogP contribution in [0.25, 0.3) is 0 Å². The molecule has 0 heterocycles. The largest absolute Gasteiger partial charge is 0.409 e. The summed E-state index contributed by atoms with van der Waals surface area (Å²) in [5, 5.41) is 11.7. The molecule has 98 valence electrons. The maximum absolute atomic E-state index is 8.66. The van der Waals surface area contributed by atoms with Crippen molar-refractivity contribution in [1.29, 1.82) is 0 Å². The van der Waals surface area contributed by atoms with Crippen LogP contribution in [0.15, 0.2) is 61.9 Å². The summed E-state index contributed by atoms with van der Waals surface area (Å²) in [5.74, 6) is 0.105. The number of benzene rings is 2. The number of hydrogen-bond acceptors (Lipinski definition) is 3. The fourth-order valence-corrected chi connectivity index (χ4v) is 3.12. The molecule has 0 aliphatic rings. The summed E-state index contributed by atoms with van der Waals surface area (Å²) in [4.78, 5) is 2.29. The second kappa shape index (κ2) is 6.12. The third-order valence-corrected chi connectivity index (χ3v) is 4.82. The lowest BCUT2D eigenvalue weighted by Gasteiger charge is -2.08. The summed E-state index contributed by atoms with van der Waals surface area (Å²) < 4.78 is 0.921. The molecular weight excluding hydrogens is 324 g/mol. The molecular formula is C14H13BrN2OS. The number of oxime groups is 1. The van der Waals surface area contributed by atoms with Crippen molar-refractivity contribution in [3.63, 3.8) is 0 Å². The van der Waals surface area contributed by atoms with Gasteiger partial charge in [0, 0.05) is 19.8 Å². The number of hydrogen-bond donors (Lipinski definition) is 2. The zero-order chi connectivity index (χ0) is 13.8. The van der Waals surface area contributed by atoms with Gasteiger partial charge in [0.15, 0.2) is 5.84 Å². The van der Waals surface area contributed by atoms with E-state index in [9.17, 15) is 0 Å². The van der Waals surface area contributed by atoms with Gasteiger partial charge in [-0.3, -0.25) is 0 Å². The van der Waals surface area contributed by atoms with Crippen LogP contribution in [-0.2, 0) is 0 Å². The molecule has 0 aliphatic carbocycles. The number of amidine groups is 1. The molecule has 0 unspecified atom stereocenters. The van der Waals surface area contributed by atoms with Crippen molar-refractivity contribution in [1.82, 2.24) is 0 Å². The minimum absolute atomic E-state index is 0.105. The summed E-state index contributed by atoms with van der Waals surface area (Å²) in [6, 6.07) is 13.8. The average molecular weight is 337 g/mol. The highest BCUT2D eigenvalue weighted by Gasteiger charge is 2.07. The lowest BCUT2D eigenvalue weighted by Crippen LogP contribution is -2.12. The minimum Gasteiger partial charge on any atom is -0.409 e. The Morgan fingerprint density at radius 1 is 1.21 bits per heavy atom. The topological polar surface area (TPSA) is 58.6 Å². The van der Waals surface area contributed by atoms with E-state index in [2.05, 4.69) is 40.1 Å². The first kappa shape index (κ1) is 14.0. The second-order valence-corrected chi connectivity index (χ2v) is 5.94. The minimum atomic E-state index is 0.105. The average Bonchev–Trinajstić information content (AvgIpc) is 2.42. The van der Waals surface area contributed by atoms with Crippen LogP contribution in [0.5, 0.6) is 0 Å². The lowest BCUT2D eigenvalue weighted by molar-refractivity contribution is 0.318. The monoisotopic (exact) mass is 336 g/mol. The van der Waals surface area contributed by atoms with Gasteiger partial charge in [0.1, 0.15) is 0 Å². The third kappa shape index (κ3) is 3.30. The third-order valence-electron chi connectivity index (χ3n) is 2.65. The molecule has 0 atom stereocenters. The Balaban J connectivity index is 2.30. The van der Waals surface area contributed by atoms with E-state index < -0.39 is 0 Å². The number of halogens is 1. The molecule has 5 heteroatoms. The SMILES string of the molecule is Cc1ccccc1Sc1ccc(/C(N)=N/O)cc1Br. The molecule has 2 aromatic rings. The van der Waals surface area contributed by atoms with E-state index in [1.807, 2.05) is 30.3 Å². The van der Waals surface area contributed by atoms with Crippen LogP contribution < -0.4 is 5.73 Å². The lowest BCUT2D eigenvalue weighted by atomic mass is 10.2. The van der Waals surface area contributed by atoms with Crippen molar-refractivity contribution in [3.05, 3.63) is 58.1 Å². The molecule has 2 aromatic carbocycles. The standard InChI is InChI=1S/C14H13BrN2OS/c1-9-4-2-3-5-12(9)19-13-7-6-10(8-11(13)15)14(16)17-18/h2-8,18H,1H3,(H2,16,17). The Bertz CT molecular complexity index is 629. The molecule has 3 N–H and O–H groups in total. The van der Waals surface area contributed by atoms with Gasteiger partial charge in [0.05, 0.1) is 0 Å². The molecule has 2 rings (SSSR count). The van der Waals surface area contributed by atoms with Crippen LogP contribution >= 0.6 is 27.7 Å². The molecule has 0 bridgehead atoms. The summed E-state index contributed by atoms with van der Waals surface area (Å²) in [6.07, 6.45) is 0. The van der Waals surface area contributed by atoms with Crippen molar-refractivity contribution in [2.24, 2.45) is 10.9 Å². The smallest absolute Gasteiger partial charge is 0.170 e. The molecule has 0 spiro atoms. The first-order valence-electron chi connectivity index (χ1n) is 5.62. The predicted octanol–water partition coefficient (Wildman–Crippen LogP) is 4.00. The molecule has 0 aliphatic heterocycles. The van der Waals surface area contributed by atoms with E-state index in [0.29, 0.717) is 5.56 Å². The first-order chi connectivity index (χ1) is 9.11. The van der Waals surface area contributed by atoms with Crippen molar-refractivity contribution in [2.75, 3.05) is 0 Å². The van der Waals surface area contributed by atoms with Crippen molar-refractivity contribution >= 4 is 33.5 Å². The molecule has 0 saturated heterocycles. The van der Waals surface area contributed by atoms with Crippen LogP contribution in [0.2, 0.25) is 0 Å². The van der Waals surface area contributed by atoms with Gasteiger partial charge < -0.3 is 10.9 Å². The maximum Gasteiger partial charge on any atom is 0.170 e. The van der Waals surface area contributed by atoms with Gasteiger partial charge in [-0.25, -0.2) is 0 Å². The van der Waals surface area contributed by atoms with E-state index >= 15 is 0 Å². The zero-order valence-corrected chi connectivity index (χ0v) is 12.7. The summed E-state index contributed by atoms with van der Waals surface area (Å²) in [6.45, 7) is 2.08. The van der Waals surface area contributed by atoms with Crippen molar-refractivity contribution in [2.45, 2.75) is 16.7 Å². The predicted molar refractivity (Wildman–Crippen MR) is 82.0 cm³/mol. The molecule has 0 amide bonds.